The highest BCUT2D eigenvalue weighted by molar-refractivity contribution is 5.95. The maximum absolute atomic E-state index is 13.2. The van der Waals surface area contributed by atoms with Gasteiger partial charge in [0.25, 0.3) is 5.91 Å². The van der Waals surface area contributed by atoms with E-state index in [9.17, 15) is 4.79 Å². The lowest BCUT2D eigenvalue weighted by Crippen LogP contribution is -2.32. The molecule has 1 saturated carbocycles. The summed E-state index contributed by atoms with van der Waals surface area (Å²) in [5.74, 6) is 2.87. The van der Waals surface area contributed by atoms with Crippen LogP contribution in [0.25, 0.3) is 0 Å². The van der Waals surface area contributed by atoms with Crippen LogP contribution in [0, 0.1) is 0 Å². The van der Waals surface area contributed by atoms with E-state index in [4.69, 9.17) is 18.9 Å². The van der Waals surface area contributed by atoms with Gasteiger partial charge in [0.05, 0.1) is 13.2 Å². The van der Waals surface area contributed by atoms with Gasteiger partial charge < -0.3 is 23.8 Å². The molecule has 0 N–H and O–H groups in total. The van der Waals surface area contributed by atoms with Gasteiger partial charge in [0.1, 0.15) is 0 Å². The van der Waals surface area contributed by atoms with Gasteiger partial charge in [0.15, 0.2) is 23.0 Å². The van der Waals surface area contributed by atoms with E-state index in [1.54, 1.807) is 6.07 Å². The molecule has 0 bridgehead atoms. The standard InChI is InChI=1S/C21H21NO5/c23-21(15-3-7-17-20(11-15)25-9-1-8-24-17)22(16-4-5-16)12-14-2-6-18-19(10-14)27-13-26-18/h2-3,6-7,10-11,16H,1,4-5,8-9,12-13H2. The SMILES string of the molecule is O=C(c1ccc2c(c1)OCCCO2)N(Cc1ccc2c(c1)OCO2)C1CC1. The van der Waals surface area contributed by atoms with Gasteiger partial charge in [-0.05, 0) is 48.7 Å². The zero-order valence-electron chi connectivity index (χ0n) is 15.0. The van der Waals surface area contributed by atoms with Gasteiger partial charge >= 0.3 is 0 Å². The molecule has 0 spiro atoms. The molecule has 6 heteroatoms. The van der Waals surface area contributed by atoms with Crippen LogP contribution >= 0.6 is 0 Å². The number of rotatable bonds is 4. The van der Waals surface area contributed by atoms with Crippen molar-refractivity contribution < 1.29 is 23.7 Å². The van der Waals surface area contributed by atoms with Gasteiger partial charge in [-0.1, -0.05) is 6.07 Å². The first-order chi connectivity index (χ1) is 13.3. The molecule has 2 aliphatic heterocycles. The van der Waals surface area contributed by atoms with Crippen molar-refractivity contribution in [2.75, 3.05) is 20.0 Å². The van der Waals surface area contributed by atoms with Crippen LogP contribution in [-0.2, 0) is 6.54 Å². The van der Waals surface area contributed by atoms with Crippen LogP contribution in [-0.4, -0.2) is 36.9 Å². The van der Waals surface area contributed by atoms with Crippen molar-refractivity contribution in [3.05, 3.63) is 47.5 Å². The first-order valence-corrected chi connectivity index (χ1v) is 9.37. The van der Waals surface area contributed by atoms with Gasteiger partial charge in [-0.3, -0.25) is 4.79 Å². The molecule has 0 atom stereocenters. The third-order valence-electron chi connectivity index (χ3n) is 5.03. The Morgan fingerprint density at radius 1 is 0.889 bits per heavy atom. The summed E-state index contributed by atoms with van der Waals surface area (Å²) in [5.41, 5.74) is 1.67. The van der Waals surface area contributed by atoms with Crippen molar-refractivity contribution in [3.63, 3.8) is 0 Å². The molecule has 0 saturated heterocycles. The van der Waals surface area contributed by atoms with Gasteiger partial charge in [0.2, 0.25) is 6.79 Å². The number of hydrogen-bond acceptors (Lipinski definition) is 5. The van der Waals surface area contributed by atoms with Crippen molar-refractivity contribution in [2.45, 2.75) is 31.8 Å². The van der Waals surface area contributed by atoms with E-state index in [-0.39, 0.29) is 12.7 Å². The van der Waals surface area contributed by atoms with Crippen LogP contribution in [0.3, 0.4) is 0 Å². The van der Waals surface area contributed by atoms with Gasteiger partial charge in [-0.25, -0.2) is 0 Å². The van der Waals surface area contributed by atoms with E-state index >= 15 is 0 Å². The maximum Gasteiger partial charge on any atom is 0.254 e. The first kappa shape index (κ1) is 16.3. The Hall–Kier alpha value is -2.89. The number of carbonyl (C=O) groups is 1. The molecule has 0 aromatic heterocycles. The molecular formula is C21H21NO5. The predicted molar refractivity (Wildman–Crippen MR) is 97.5 cm³/mol. The zero-order chi connectivity index (χ0) is 18.2. The Bertz CT molecular complexity index is 877. The minimum absolute atomic E-state index is 0.0193. The van der Waals surface area contributed by atoms with Crippen LogP contribution in [0.2, 0.25) is 0 Å². The fourth-order valence-electron chi connectivity index (χ4n) is 3.45. The molecule has 5 rings (SSSR count). The molecule has 2 heterocycles. The van der Waals surface area contributed by atoms with E-state index < -0.39 is 0 Å². The maximum atomic E-state index is 13.2. The van der Waals surface area contributed by atoms with Crippen molar-refractivity contribution in [1.29, 1.82) is 0 Å². The Morgan fingerprint density at radius 3 is 2.44 bits per heavy atom. The molecule has 1 aliphatic carbocycles. The average Bonchev–Trinajstić information content (AvgIpc) is 3.47. The summed E-state index contributed by atoms with van der Waals surface area (Å²) >= 11 is 0. The summed E-state index contributed by atoms with van der Waals surface area (Å²) in [5, 5.41) is 0. The number of ether oxygens (including phenoxy) is 4. The zero-order valence-corrected chi connectivity index (χ0v) is 15.0. The fraction of sp³-hybridized carbons (Fsp3) is 0.381. The molecule has 1 fully saturated rings. The molecule has 1 amide bonds. The van der Waals surface area contributed by atoms with Crippen LogP contribution in [0.15, 0.2) is 36.4 Å². The molecule has 140 valence electrons. The summed E-state index contributed by atoms with van der Waals surface area (Å²) in [7, 11) is 0. The van der Waals surface area contributed by atoms with Crippen LogP contribution in [0.1, 0.15) is 35.2 Å². The number of carbonyl (C=O) groups excluding carboxylic acids is 1. The van der Waals surface area contributed by atoms with Gasteiger partial charge in [-0.2, -0.15) is 0 Å². The summed E-state index contributed by atoms with van der Waals surface area (Å²) in [6.45, 7) is 2.04. The van der Waals surface area contributed by atoms with Crippen molar-refractivity contribution in [2.24, 2.45) is 0 Å². The smallest absolute Gasteiger partial charge is 0.254 e. The third kappa shape index (κ3) is 3.27. The van der Waals surface area contributed by atoms with E-state index in [2.05, 4.69) is 0 Å². The summed E-state index contributed by atoms with van der Waals surface area (Å²) in [6.07, 6.45) is 2.93. The van der Waals surface area contributed by atoms with E-state index in [0.717, 1.165) is 36.3 Å². The first-order valence-electron chi connectivity index (χ1n) is 9.37. The second-order valence-corrected chi connectivity index (χ2v) is 7.06. The predicted octanol–water partition coefficient (Wildman–Crippen LogP) is 3.38. The van der Waals surface area contributed by atoms with Crippen molar-refractivity contribution in [3.8, 4) is 23.0 Å². The summed E-state index contributed by atoms with van der Waals surface area (Å²) < 4.78 is 22.2. The van der Waals surface area contributed by atoms with E-state index in [1.807, 2.05) is 35.2 Å². The minimum Gasteiger partial charge on any atom is -0.490 e. The van der Waals surface area contributed by atoms with E-state index in [0.29, 0.717) is 42.9 Å². The highest BCUT2D eigenvalue weighted by Crippen LogP contribution is 2.36. The minimum atomic E-state index is 0.0193. The number of nitrogens with zero attached hydrogens (tertiary/aromatic N) is 1. The van der Waals surface area contributed by atoms with Gasteiger partial charge in [0, 0.05) is 24.6 Å². The Balaban J connectivity index is 1.39. The lowest BCUT2D eigenvalue weighted by atomic mass is 10.1. The molecule has 0 radical (unpaired) electrons. The van der Waals surface area contributed by atoms with E-state index in [1.165, 1.54) is 0 Å². The second-order valence-electron chi connectivity index (χ2n) is 7.06. The molecule has 3 aliphatic rings. The van der Waals surface area contributed by atoms with Crippen molar-refractivity contribution >= 4 is 5.91 Å². The quantitative estimate of drug-likeness (QED) is 0.829. The highest BCUT2D eigenvalue weighted by atomic mass is 16.7. The molecule has 6 nitrogen and oxygen atoms in total. The fourth-order valence-corrected chi connectivity index (χ4v) is 3.45. The molecule has 2 aromatic carbocycles. The lowest BCUT2D eigenvalue weighted by molar-refractivity contribution is 0.0729. The largest absolute Gasteiger partial charge is 0.490 e. The van der Waals surface area contributed by atoms with Crippen LogP contribution < -0.4 is 18.9 Å². The third-order valence-corrected chi connectivity index (χ3v) is 5.03. The number of amides is 1. The Labute approximate surface area is 157 Å². The topological polar surface area (TPSA) is 57.2 Å². The summed E-state index contributed by atoms with van der Waals surface area (Å²) in [4.78, 5) is 15.2. The number of benzene rings is 2. The molecule has 0 unspecified atom stereocenters. The number of fused-ring (bicyclic) bond motifs is 2. The van der Waals surface area contributed by atoms with Crippen LogP contribution in [0.5, 0.6) is 23.0 Å². The Kier molecular flexibility index (Phi) is 4.03. The normalized spacial score (nSPS) is 17.3. The average molecular weight is 367 g/mol. The number of hydrogen-bond donors (Lipinski definition) is 0. The van der Waals surface area contributed by atoms with Crippen LogP contribution in [0.4, 0.5) is 0 Å². The monoisotopic (exact) mass is 367 g/mol. The van der Waals surface area contributed by atoms with Crippen molar-refractivity contribution in [1.82, 2.24) is 4.90 Å². The summed E-state index contributed by atoms with van der Waals surface area (Å²) in [6, 6.07) is 11.6. The molecular weight excluding hydrogens is 346 g/mol. The highest BCUT2D eigenvalue weighted by Gasteiger charge is 2.33. The van der Waals surface area contributed by atoms with Gasteiger partial charge in [-0.15, -0.1) is 0 Å². The second kappa shape index (κ2) is 6.68. The Morgan fingerprint density at radius 2 is 1.59 bits per heavy atom. The molecule has 27 heavy (non-hydrogen) atoms. The molecule has 2 aromatic rings. The lowest BCUT2D eigenvalue weighted by Gasteiger charge is -2.23.